The zero-order valence-corrected chi connectivity index (χ0v) is 13.8. The number of nitro benzene ring substituents is 1. The summed E-state index contributed by atoms with van der Waals surface area (Å²) in [7, 11) is 1.40. The van der Waals surface area contributed by atoms with E-state index in [1.165, 1.54) is 13.2 Å². The maximum absolute atomic E-state index is 12.6. The second-order valence-electron chi connectivity index (χ2n) is 6.08. The van der Waals surface area contributed by atoms with Gasteiger partial charge < -0.3 is 9.30 Å². The van der Waals surface area contributed by atoms with E-state index in [4.69, 9.17) is 4.74 Å². The van der Waals surface area contributed by atoms with Crippen LogP contribution in [0.5, 0.6) is 0 Å². The van der Waals surface area contributed by atoms with Crippen molar-refractivity contribution in [1.82, 2.24) is 4.57 Å². The summed E-state index contributed by atoms with van der Waals surface area (Å²) >= 11 is 0. The number of carbonyl (C=O) groups excluding carboxylic acids is 1. The lowest BCUT2D eigenvalue weighted by molar-refractivity contribution is -0.384. The van der Waals surface area contributed by atoms with Crippen LogP contribution in [0.15, 0.2) is 36.5 Å². The highest BCUT2D eigenvalue weighted by molar-refractivity contribution is 5.88. The first-order valence-corrected chi connectivity index (χ1v) is 8.07. The van der Waals surface area contributed by atoms with Crippen LogP contribution in [-0.2, 0) is 21.5 Å². The lowest BCUT2D eigenvalue weighted by Crippen LogP contribution is -2.41. The number of esters is 1. The lowest BCUT2D eigenvalue weighted by Gasteiger charge is -2.36. The molecule has 0 saturated carbocycles. The third-order valence-electron chi connectivity index (χ3n) is 4.99. The van der Waals surface area contributed by atoms with Gasteiger partial charge in [0.25, 0.3) is 5.69 Å². The van der Waals surface area contributed by atoms with Crippen LogP contribution in [0, 0.1) is 10.1 Å². The quantitative estimate of drug-likeness (QED) is 0.487. The van der Waals surface area contributed by atoms with E-state index in [2.05, 4.69) is 0 Å². The van der Waals surface area contributed by atoms with Gasteiger partial charge in [-0.3, -0.25) is 14.9 Å². The van der Waals surface area contributed by atoms with E-state index in [0.29, 0.717) is 18.4 Å². The molecule has 0 amide bonds. The number of ether oxygens (including phenoxy) is 1. The number of fused-ring (bicyclic) bond motifs is 1. The molecule has 0 bridgehead atoms. The van der Waals surface area contributed by atoms with E-state index in [1.54, 1.807) is 18.2 Å². The summed E-state index contributed by atoms with van der Waals surface area (Å²) in [5.74, 6) is -0.274. The van der Waals surface area contributed by atoms with Gasteiger partial charge in [-0.15, -0.1) is 0 Å². The van der Waals surface area contributed by atoms with Crippen LogP contribution in [0.3, 0.4) is 0 Å². The predicted molar refractivity (Wildman–Crippen MR) is 89.7 cm³/mol. The van der Waals surface area contributed by atoms with Crippen LogP contribution < -0.4 is 0 Å². The van der Waals surface area contributed by atoms with Crippen LogP contribution in [0.1, 0.15) is 31.9 Å². The van der Waals surface area contributed by atoms with Crippen LogP contribution in [0.2, 0.25) is 0 Å². The number of nitrogens with zero attached hydrogens (tertiary/aromatic N) is 2. The average Bonchev–Trinajstić information content (AvgIpc) is 3.05. The maximum atomic E-state index is 12.6. The van der Waals surface area contributed by atoms with Crippen LogP contribution >= 0.6 is 0 Å². The molecule has 0 unspecified atom stereocenters. The fourth-order valence-electron chi connectivity index (χ4n) is 3.82. The minimum Gasteiger partial charge on any atom is -0.468 e. The average molecular weight is 328 g/mol. The smallest absolute Gasteiger partial charge is 0.317 e. The number of carbonyl (C=O) groups is 1. The number of hydrogen-bond acceptors (Lipinski definition) is 4. The molecular weight excluding hydrogens is 308 g/mol. The zero-order chi connectivity index (χ0) is 17.3. The maximum Gasteiger partial charge on any atom is 0.317 e. The van der Waals surface area contributed by atoms with Gasteiger partial charge in [0.05, 0.1) is 17.6 Å². The van der Waals surface area contributed by atoms with E-state index in [1.807, 2.05) is 23.8 Å². The van der Waals surface area contributed by atoms with Gasteiger partial charge in [0.1, 0.15) is 5.41 Å². The Hall–Kier alpha value is -2.63. The normalized spacial score (nSPS) is 19.6. The molecule has 6 heteroatoms. The Morgan fingerprint density at radius 2 is 2.08 bits per heavy atom. The molecule has 1 aromatic carbocycles. The molecule has 3 rings (SSSR count). The minimum absolute atomic E-state index is 0.0481. The van der Waals surface area contributed by atoms with Crippen molar-refractivity contribution < 1.29 is 14.5 Å². The molecule has 0 spiro atoms. The molecule has 0 N–H and O–H groups in total. The summed E-state index contributed by atoms with van der Waals surface area (Å²) in [4.78, 5) is 23.6. The highest BCUT2D eigenvalue weighted by Crippen LogP contribution is 2.45. The van der Waals surface area contributed by atoms with E-state index in [9.17, 15) is 14.9 Å². The largest absolute Gasteiger partial charge is 0.468 e. The van der Waals surface area contributed by atoms with Gasteiger partial charge in [0.2, 0.25) is 0 Å². The number of hydrogen-bond donors (Lipinski definition) is 0. The Balaban J connectivity index is 2.27. The Bertz CT molecular complexity index is 796. The Morgan fingerprint density at radius 3 is 2.75 bits per heavy atom. The molecule has 2 heterocycles. The standard InChI is InChI=1S/C18H20N2O4/c1-3-18(17(21)24-2)10-6-11-19-12-9-14(16(18)19)13-7-4-5-8-15(13)20(22)23/h4-5,7-9,12H,3,6,10-11H2,1-2H3/t18-/m1/s1. The molecule has 126 valence electrons. The van der Waals surface area contributed by atoms with Gasteiger partial charge in [-0.1, -0.05) is 19.1 Å². The van der Waals surface area contributed by atoms with Gasteiger partial charge in [-0.25, -0.2) is 0 Å². The van der Waals surface area contributed by atoms with Crippen LogP contribution in [0.4, 0.5) is 5.69 Å². The van der Waals surface area contributed by atoms with Crippen molar-refractivity contribution in [3.05, 3.63) is 52.3 Å². The molecule has 24 heavy (non-hydrogen) atoms. The summed E-state index contributed by atoms with van der Waals surface area (Å²) in [6.07, 6.45) is 4.07. The van der Waals surface area contributed by atoms with E-state index < -0.39 is 5.41 Å². The van der Waals surface area contributed by atoms with Crippen molar-refractivity contribution in [1.29, 1.82) is 0 Å². The second-order valence-corrected chi connectivity index (χ2v) is 6.08. The third-order valence-corrected chi connectivity index (χ3v) is 4.99. The molecule has 1 atom stereocenters. The van der Waals surface area contributed by atoms with E-state index in [0.717, 1.165) is 24.2 Å². The molecule has 6 nitrogen and oxygen atoms in total. The number of benzene rings is 1. The summed E-state index contributed by atoms with van der Waals surface area (Å²) in [6, 6.07) is 8.53. The molecule has 0 radical (unpaired) electrons. The van der Waals surface area contributed by atoms with Gasteiger partial charge in [0, 0.05) is 30.1 Å². The number of nitro groups is 1. The van der Waals surface area contributed by atoms with Crippen LogP contribution in [0.25, 0.3) is 11.1 Å². The van der Waals surface area contributed by atoms with Crippen molar-refractivity contribution >= 4 is 11.7 Å². The second kappa shape index (κ2) is 6.11. The zero-order valence-electron chi connectivity index (χ0n) is 13.8. The molecule has 1 aliphatic rings. The number of para-hydroxylation sites is 1. The Kier molecular flexibility index (Phi) is 4.13. The lowest BCUT2D eigenvalue weighted by atomic mass is 9.73. The summed E-state index contributed by atoms with van der Waals surface area (Å²) in [6.45, 7) is 2.76. The van der Waals surface area contributed by atoms with Gasteiger partial charge in [-0.2, -0.15) is 0 Å². The number of methoxy groups -OCH3 is 1. The number of rotatable bonds is 4. The molecule has 1 aliphatic heterocycles. The van der Waals surface area contributed by atoms with Crippen molar-refractivity contribution in [3.63, 3.8) is 0 Å². The molecule has 2 aromatic rings. The van der Waals surface area contributed by atoms with Crippen molar-refractivity contribution in [2.45, 2.75) is 38.1 Å². The summed E-state index contributed by atoms with van der Waals surface area (Å²) in [5, 5.41) is 11.4. The van der Waals surface area contributed by atoms with Crippen molar-refractivity contribution in [2.75, 3.05) is 7.11 Å². The highest BCUT2D eigenvalue weighted by Gasteiger charge is 2.45. The van der Waals surface area contributed by atoms with Crippen molar-refractivity contribution in [2.24, 2.45) is 0 Å². The van der Waals surface area contributed by atoms with Gasteiger partial charge >= 0.3 is 5.97 Å². The third kappa shape index (κ3) is 2.29. The Morgan fingerprint density at radius 1 is 1.33 bits per heavy atom. The van der Waals surface area contributed by atoms with Crippen LogP contribution in [-0.4, -0.2) is 22.6 Å². The predicted octanol–water partition coefficient (Wildman–Crippen LogP) is 3.68. The van der Waals surface area contributed by atoms with E-state index >= 15 is 0 Å². The fourth-order valence-corrected chi connectivity index (χ4v) is 3.82. The molecule has 0 aliphatic carbocycles. The monoisotopic (exact) mass is 328 g/mol. The summed E-state index contributed by atoms with van der Waals surface area (Å²) < 4.78 is 7.13. The molecular formula is C18H20N2O4. The summed E-state index contributed by atoms with van der Waals surface area (Å²) in [5.41, 5.74) is 1.41. The topological polar surface area (TPSA) is 74.4 Å². The first kappa shape index (κ1) is 16.2. The van der Waals surface area contributed by atoms with Gasteiger partial charge in [0.15, 0.2) is 0 Å². The molecule has 1 aromatic heterocycles. The van der Waals surface area contributed by atoms with Crippen molar-refractivity contribution in [3.8, 4) is 11.1 Å². The molecule has 0 fully saturated rings. The first-order valence-electron chi connectivity index (χ1n) is 8.07. The number of aromatic nitrogens is 1. The fraction of sp³-hybridized carbons (Fsp3) is 0.389. The van der Waals surface area contributed by atoms with Gasteiger partial charge in [-0.05, 0) is 31.4 Å². The molecule has 0 saturated heterocycles. The Labute approximate surface area is 140 Å². The van der Waals surface area contributed by atoms with E-state index in [-0.39, 0.29) is 16.6 Å². The minimum atomic E-state index is -0.754. The highest BCUT2D eigenvalue weighted by atomic mass is 16.6. The number of aryl methyl sites for hydroxylation is 1. The first-order chi connectivity index (χ1) is 11.5. The SMILES string of the molecule is CC[C@@]1(C(=O)OC)CCCn2ccc(-c3ccccc3[N+](=O)[O-])c21.